The van der Waals surface area contributed by atoms with Crippen molar-refractivity contribution < 1.29 is 4.79 Å². The summed E-state index contributed by atoms with van der Waals surface area (Å²) in [6.07, 6.45) is 0.773. The molecule has 1 aliphatic heterocycles. The predicted molar refractivity (Wildman–Crippen MR) is 82.7 cm³/mol. The summed E-state index contributed by atoms with van der Waals surface area (Å²) < 4.78 is 0. The number of fused-ring (bicyclic) bond motifs is 1. The molecule has 2 N–H and O–H groups in total. The van der Waals surface area contributed by atoms with Crippen molar-refractivity contribution in [2.75, 3.05) is 17.2 Å². The largest absolute Gasteiger partial charge is 0.398 e. The van der Waals surface area contributed by atoms with Gasteiger partial charge in [-0.05, 0) is 36.8 Å². The summed E-state index contributed by atoms with van der Waals surface area (Å²) in [5.41, 5.74) is 9.10. The average Bonchev–Trinajstić information content (AvgIpc) is 2.86. The van der Waals surface area contributed by atoms with Crippen LogP contribution in [0.2, 0.25) is 10.0 Å². The molecular weight excluding hydrogens is 295 g/mol. The van der Waals surface area contributed by atoms with Crippen LogP contribution in [0.15, 0.2) is 36.4 Å². The van der Waals surface area contributed by atoms with Gasteiger partial charge in [-0.1, -0.05) is 29.3 Å². The minimum absolute atomic E-state index is 0.0899. The smallest absolute Gasteiger partial charge is 0.258 e. The number of halogens is 2. The SMILES string of the molecule is Nc1cccc2c1CCN2C(=O)c1ccc(Cl)c(Cl)c1. The topological polar surface area (TPSA) is 46.3 Å². The lowest BCUT2D eigenvalue weighted by atomic mass is 10.1. The Hall–Kier alpha value is -1.71. The number of amides is 1. The zero-order valence-corrected chi connectivity index (χ0v) is 12.1. The van der Waals surface area contributed by atoms with Crippen molar-refractivity contribution in [3.05, 3.63) is 57.6 Å². The molecule has 0 atom stereocenters. The number of carbonyl (C=O) groups excluding carboxylic acids is 1. The third-order valence-corrected chi connectivity index (χ3v) is 4.21. The molecule has 0 spiro atoms. The lowest BCUT2D eigenvalue weighted by Crippen LogP contribution is -2.28. The Kier molecular flexibility index (Phi) is 3.32. The van der Waals surface area contributed by atoms with E-state index in [1.54, 1.807) is 23.1 Å². The number of nitrogens with two attached hydrogens (primary N) is 1. The summed E-state index contributed by atoms with van der Waals surface area (Å²) in [7, 11) is 0. The molecule has 0 aliphatic carbocycles. The van der Waals surface area contributed by atoms with E-state index in [0.717, 1.165) is 23.4 Å². The van der Waals surface area contributed by atoms with Gasteiger partial charge in [0, 0.05) is 29.0 Å². The molecule has 5 heteroatoms. The van der Waals surface area contributed by atoms with E-state index >= 15 is 0 Å². The van der Waals surface area contributed by atoms with Crippen LogP contribution in [0.25, 0.3) is 0 Å². The monoisotopic (exact) mass is 306 g/mol. The van der Waals surface area contributed by atoms with E-state index in [4.69, 9.17) is 28.9 Å². The quantitative estimate of drug-likeness (QED) is 0.815. The molecule has 0 bridgehead atoms. The Bertz CT molecular complexity index is 700. The van der Waals surface area contributed by atoms with E-state index in [-0.39, 0.29) is 5.91 Å². The molecule has 0 fully saturated rings. The van der Waals surface area contributed by atoms with Crippen LogP contribution in [0.3, 0.4) is 0 Å². The molecule has 2 aromatic rings. The van der Waals surface area contributed by atoms with E-state index in [1.807, 2.05) is 18.2 Å². The van der Waals surface area contributed by atoms with Gasteiger partial charge in [0.1, 0.15) is 0 Å². The molecule has 2 aromatic carbocycles. The Balaban J connectivity index is 1.97. The third kappa shape index (κ3) is 2.13. The first kappa shape index (κ1) is 13.3. The van der Waals surface area contributed by atoms with Gasteiger partial charge in [-0.25, -0.2) is 0 Å². The first-order valence-corrected chi connectivity index (χ1v) is 6.98. The zero-order valence-electron chi connectivity index (χ0n) is 10.6. The summed E-state index contributed by atoms with van der Waals surface area (Å²) in [5.74, 6) is -0.0899. The highest BCUT2D eigenvalue weighted by Crippen LogP contribution is 2.33. The maximum Gasteiger partial charge on any atom is 0.258 e. The summed E-state index contributed by atoms with van der Waals surface area (Å²) in [4.78, 5) is 14.3. The molecule has 0 unspecified atom stereocenters. The molecule has 102 valence electrons. The van der Waals surface area contributed by atoms with Gasteiger partial charge < -0.3 is 10.6 Å². The normalized spacial score (nSPS) is 13.4. The zero-order chi connectivity index (χ0) is 14.3. The van der Waals surface area contributed by atoms with Crippen molar-refractivity contribution in [2.24, 2.45) is 0 Å². The van der Waals surface area contributed by atoms with Gasteiger partial charge in [0.05, 0.1) is 10.0 Å². The second-order valence-electron chi connectivity index (χ2n) is 4.68. The first-order valence-electron chi connectivity index (χ1n) is 6.22. The molecular formula is C15H12Cl2N2O. The molecule has 0 radical (unpaired) electrons. The van der Waals surface area contributed by atoms with Crippen molar-refractivity contribution in [3.8, 4) is 0 Å². The lowest BCUT2D eigenvalue weighted by molar-refractivity contribution is 0.0989. The average molecular weight is 307 g/mol. The second kappa shape index (κ2) is 5.00. The Morgan fingerprint density at radius 1 is 1.15 bits per heavy atom. The van der Waals surface area contributed by atoms with Gasteiger partial charge in [0.2, 0.25) is 0 Å². The number of nitrogens with zero attached hydrogens (tertiary/aromatic N) is 1. The summed E-state index contributed by atoms with van der Waals surface area (Å²) in [6.45, 7) is 0.628. The molecule has 20 heavy (non-hydrogen) atoms. The van der Waals surface area contributed by atoms with Crippen LogP contribution >= 0.6 is 23.2 Å². The number of nitrogen functional groups attached to an aromatic ring is 1. The van der Waals surface area contributed by atoms with Gasteiger partial charge in [0.25, 0.3) is 5.91 Å². The van der Waals surface area contributed by atoms with Crippen molar-refractivity contribution >= 4 is 40.5 Å². The Labute approximate surface area is 126 Å². The highest BCUT2D eigenvalue weighted by Gasteiger charge is 2.26. The predicted octanol–water partition coefficient (Wildman–Crippen LogP) is 3.78. The van der Waals surface area contributed by atoms with Gasteiger partial charge in [-0.3, -0.25) is 4.79 Å². The summed E-state index contributed by atoms with van der Waals surface area (Å²) in [5, 5.41) is 0.818. The van der Waals surface area contributed by atoms with Crippen LogP contribution < -0.4 is 10.6 Å². The van der Waals surface area contributed by atoms with E-state index in [9.17, 15) is 4.79 Å². The number of carbonyl (C=O) groups is 1. The number of hydrogen-bond donors (Lipinski definition) is 1. The van der Waals surface area contributed by atoms with Gasteiger partial charge >= 0.3 is 0 Å². The molecule has 1 aliphatic rings. The van der Waals surface area contributed by atoms with Crippen LogP contribution in [0.5, 0.6) is 0 Å². The highest BCUT2D eigenvalue weighted by atomic mass is 35.5. The number of benzene rings is 2. The van der Waals surface area contributed by atoms with E-state index in [2.05, 4.69) is 0 Å². The molecule has 0 aromatic heterocycles. The van der Waals surface area contributed by atoms with Gasteiger partial charge in [-0.15, -0.1) is 0 Å². The van der Waals surface area contributed by atoms with Crippen molar-refractivity contribution in [1.29, 1.82) is 0 Å². The maximum absolute atomic E-state index is 12.6. The van der Waals surface area contributed by atoms with Gasteiger partial charge in [-0.2, -0.15) is 0 Å². The highest BCUT2D eigenvalue weighted by molar-refractivity contribution is 6.42. The van der Waals surface area contributed by atoms with Crippen LogP contribution in [0, 0.1) is 0 Å². The third-order valence-electron chi connectivity index (χ3n) is 3.48. The van der Waals surface area contributed by atoms with Crippen LogP contribution in [0.4, 0.5) is 11.4 Å². The van der Waals surface area contributed by atoms with Crippen LogP contribution in [0.1, 0.15) is 15.9 Å². The fourth-order valence-electron chi connectivity index (χ4n) is 2.46. The number of anilines is 2. The molecule has 3 rings (SSSR count). The Morgan fingerprint density at radius 2 is 1.95 bits per heavy atom. The molecule has 3 nitrogen and oxygen atoms in total. The second-order valence-corrected chi connectivity index (χ2v) is 5.49. The first-order chi connectivity index (χ1) is 9.58. The minimum Gasteiger partial charge on any atom is -0.398 e. The summed E-state index contributed by atoms with van der Waals surface area (Å²) in [6, 6.07) is 10.5. The molecule has 0 saturated heterocycles. The van der Waals surface area contributed by atoms with Gasteiger partial charge in [0.15, 0.2) is 0 Å². The van der Waals surface area contributed by atoms with E-state index in [1.165, 1.54) is 0 Å². The fourth-order valence-corrected chi connectivity index (χ4v) is 2.76. The van der Waals surface area contributed by atoms with E-state index in [0.29, 0.717) is 22.2 Å². The minimum atomic E-state index is -0.0899. The lowest BCUT2D eigenvalue weighted by Gasteiger charge is -2.18. The van der Waals surface area contributed by atoms with Crippen molar-refractivity contribution in [3.63, 3.8) is 0 Å². The van der Waals surface area contributed by atoms with E-state index < -0.39 is 0 Å². The molecule has 1 amide bonds. The molecule has 1 heterocycles. The Morgan fingerprint density at radius 3 is 2.70 bits per heavy atom. The number of rotatable bonds is 1. The maximum atomic E-state index is 12.6. The standard InChI is InChI=1S/C15H12Cl2N2O/c16-11-5-4-9(8-12(11)17)15(20)19-7-6-10-13(18)2-1-3-14(10)19/h1-5,8H,6-7,18H2. The van der Waals surface area contributed by atoms with Crippen LogP contribution in [-0.4, -0.2) is 12.5 Å². The van der Waals surface area contributed by atoms with Crippen molar-refractivity contribution in [1.82, 2.24) is 0 Å². The summed E-state index contributed by atoms with van der Waals surface area (Å²) >= 11 is 11.8. The number of hydrogen-bond acceptors (Lipinski definition) is 2. The van der Waals surface area contributed by atoms with Crippen molar-refractivity contribution in [2.45, 2.75) is 6.42 Å². The van der Waals surface area contributed by atoms with Crippen LogP contribution in [-0.2, 0) is 6.42 Å². The fraction of sp³-hybridized carbons (Fsp3) is 0.133. The molecule has 0 saturated carbocycles.